The van der Waals surface area contributed by atoms with Gasteiger partial charge in [0.15, 0.2) is 0 Å². The van der Waals surface area contributed by atoms with Crippen molar-refractivity contribution in [3.8, 4) is 0 Å². The van der Waals surface area contributed by atoms with Crippen LogP contribution in [0.5, 0.6) is 0 Å². The first-order valence-corrected chi connectivity index (χ1v) is 7.47. The first-order chi connectivity index (χ1) is 7.99. The predicted molar refractivity (Wildman–Crippen MR) is 74.3 cm³/mol. The van der Waals surface area contributed by atoms with E-state index in [1.807, 2.05) is 0 Å². The summed E-state index contributed by atoms with van der Waals surface area (Å²) in [6.45, 7) is 12.1. The second-order valence-electron chi connectivity index (χ2n) is 7.35. The first-order valence-electron chi connectivity index (χ1n) is 7.47. The highest BCUT2D eigenvalue weighted by atomic mass is 15.2. The molecule has 1 aliphatic carbocycles. The van der Waals surface area contributed by atoms with E-state index in [1.54, 1.807) is 0 Å². The number of nitrogens with one attached hydrogen (secondary N) is 1. The van der Waals surface area contributed by atoms with Crippen LogP contribution < -0.4 is 5.32 Å². The average molecular weight is 238 g/mol. The largest absolute Gasteiger partial charge is 0.309 e. The Morgan fingerprint density at radius 3 is 2.47 bits per heavy atom. The van der Waals surface area contributed by atoms with Crippen LogP contribution in [0.3, 0.4) is 0 Å². The minimum Gasteiger partial charge on any atom is -0.309 e. The Balaban J connectivity index is 1.84. The Morgan fingerprint density at radius 1 is 1.12 bits per heavy atom. The predicted octanol–water partition coefficient (Wildman–Crippen LogP) is 3.03. The fourth-order valence-electron chi connectivity index (χ4n) is 3.29. The maximum atomic E-state index is 3.82. The molecule has 0 amide bonds. The van der Waals surface area contributed by atoms with Gasteiger partial charge in [-0.25, -0.2) is 0 Å². The van der Waals surface area contributed by atoms with Crippen molar-refractivity contribution in [1.29, 1.82) is 0 Å². The van der Waals surface area contributed by atoms with Crippen molar-refractivity contribution >= 4 is 0 Å². The number of rotatable bonds is 2. The van der Waals surface area contributed by atoms with Crippen LogP contribution in [0.25, 0.3) is 0 Å². The van der Waals surface area contributed by atoms with Crippen LogP contribution in [0, 0.1) is 5.41 Å². The number of nitrogens with zero attached hydrogens (tertiary/aromatic N) is 1. The summed E-state index contributed by atoms with van der Waals surface area (Å²) < 4.78 is 0. The second kappa shape index (κ2) is 5.27. The Bertz CT molecular complexity index is 230. The molecule has 1 aliphatic heterocycles. The van der Waals surface area contributed by atoms with Gasteiger partial charge >= 0.3 is 0 Å². The molecule has 2 heteroatoms. The van der Waals surface area contributed by atoms with Crippen molar-refractivity contribution in [1.82, 2.24) is 10.2 Å². The van der Waals surface area contributed by atoms with Crippen LogP contribution in [-0.4, -0.2) is 36.6 Å². The molecule has 1 heterocycles. The Morgan fingerprint density at radius 2 is 1.82 bits per heavy atom. The fourth-order valence-corrected chi connectivity index (χ4v) is 3.29. The topological polar surface area (TPSA) is 15.3 Å². The van der Waals surface area contributed by atoms with Crippen molar-refractivity contribution in [2.24, 2.45) is 5.41 Å². The smallest absolute Gasteiger partial charge is 0.0309 e. The van der Waals surface area contributed by atoms with E-state index in [4.69, 9.17) is 0 Å². The van der Waals surface area contributed by atoms with Crippen molar-refractivity contribution < 1.29 is 0 Å². The van der Waals surface area contributed by atoms with E-state index in [9.17, 15) is 0 Å². The van der Waals surface area contributed by atoms with Crippen molar-refractivity contribution in [2.45, 2.75) is 64.8 Å². The lowest BCUT2D eigenvalue weighted by Gasteiger charge is -2.46. The van der Waals surface area contributed by atoms with Crippen molar-refractivity contribution in [3.05, 3.63) is 0 Å². The van der Waals surface area contributed by atoms with Gasteiger partial charge in [0, 0.05) is 25.2 Å². The van der Waals surface area contributed by atoms with Gasteiger partial charge in [0.1, 0.15) is 0 Å². The zero-order chi connectivity index (χ0) is 12.4. The van der Waals surface area contributed by atoms with E-state index in [2.05, 4.69) is 31.0 Å². The molecular formula is C15H30N2. The molecule has 1 N–H and O–H groups in total. The highest BCUT2D eigenvalue weighted by Gasteiger charge is 2.35. The van der Waals surface area contributed by atoms with Gasteiger partial charge in [-0.3, -0.25) is 0 Å². The van der Waals surface area contributed by atoms with E-state index in [0.29, 0.717) is 11.0 Å². The lowest BCUT2D eigenvalue weighted by atomic mass is 9.80. The van der Waals surface area contributed by atoms with Crippen molar-refractivity contribution in [3.63, 3.8) is 0 Å². The van der Waals surface area contributed by atoms with E-state index in [1.165, 1.54) is 64.7 Å². The monoisotopic (exact) mass is 238 g/mol. The van der Waals surface area contributed by atoms with Gasteiger partial charge in [-0.2, -0.15) is 0 Å². The van der Waals surface area contributed by atoms with Crippen LogP contribution in [0.15, 0.2) is 0 Å². The molecule has 0 aromatic carbocycles. The van der Waals surface area contributed by atoms with Crippen LogP contribution in [0.2, 0.25) is 0 Å². The lowest BCUT2D eigenvalue weighted by Crippen LogP contribution is -2.61. The molecule has 1 spiro atoms. The molecule has 1 saturated carbocycles. The molecule has 17 heavy (non-hydrogen) atoms. The van der Waals surface area contributed by atoms with Crippen molar-refractivity contribution in [2.75, 3.05) is 26.2 Å². The van der Waals surface area contributed by atoms with E-state index in [0.717, 1.165) is 0 Å². The first kappa shape index (κ1) is 13.4. The minimum atomic E-state index is 0.477. The zero-order valence-corrected chi connectivity index (χ0v) is 12.0. The van der Waals surface area contributed by atoms with Gasteiger partial charge < -0.3 is 10.2 Å². The molecule has 1 saturated heterocycles. The van der Waals surface area contributed by atoms with Crippen LogP contribution >= 0.6 is 0 Å². The Kier molecular flexibility index (Phi) is 4.14. The van der Waals surface area contributed by atoms with Gasteiger partial charge in [-0.05, 0) is 31.2 Å². The molecule has 0 atom stereocenters. The van der Waals surface area contributed by atoms with Crippen LogP contribution in [0.1, 0.15) is 59.3 Å². The SMILES string of the molecule is CC(C)(C)CCN1CCNC2(CCCCC2)C1. The third-order valence-corrected chi connectivity index (χ3v) is 4.44. The number of piperazine rings is 1. The number of hydrogen-bond acceptors (Lipinski definition) is 2. The summed E-state index contributed by atoms with van der Waals surface area (Å²) in [7, 11) is 0. The fraction of sp³-hybridized carbons (Fsp3) is 1.00. The Labute approximate surface area is 107 Å². The summed E-state index contributed by atoms with van der Waals surface area (Å²) in [4.78, 5) is 2.70. The molecule has 0 aromatic heterocycles. The average Bonchev–Trinajstić information content (AvgIpc) is 2.27. The molecule has 2 nitrogen and oxygen atoms in total. The molecular weight excluding hydrogens is 208 g/mol. The summed E-state index contributed by atoms with van der Waals surface area (Å²) in [6.07, 6.45) is 8.44. The summed E-state index contributed by atoms with van der Waals surface area (Å²) in [5.74, 6) is 0. The highest BCUT2D eigenvalue weighted by molar-refractivity contribution is 4.96. The van der Waals surface area contributed by atoms with E-state index in [-0.39, 0.29) is 0 Å². The van der Waals surface area contributed by atoms with Crippen LogP contribution in [-0.2, 0) is 0 Å². The third kappa shape index (κ3) is 3.96. The second-order valence-corrected chi connectivity index (χ2v) is 7.35. The van der Waals surface area contributed by atoms with Gasteiger partial charge in [-0.15, -0.1) is 0 Å². The maximum Gasteiger partial charge on any atom is 0.0309 e. The Hall–Kier alpha value is -0.0800. The van der Waals surface area contributed by atoms with Gasteiger partial charge in [0.25, 0.3) is 0 Å². The standard InChI is InChI=1S/C15H30N2/c1-14(2,3)9-11-17-12-10-16-15(13-17)7-5-4-6-8-15/h16H,4-13H2,1-3H3. The van der Waals surface area contributed by atoms with Gasteiger partial charge in [-0.1, -0.05) is 40.0 Å². The lowest BCUT2D eigenvalue weighted by molar-refractivity contribution is 0.0908. The van der Waals surface area contributed by atoms with Gasteiger partial charge in [0.05, 0.1) is 0 Å². The summed E-state index contributed by atoms with van der Waals surface area (Å²) >= 11 is 0. The minimum absolute atomic E-state index is 0.477. The molecule has 0 radical (unpaired) electrons. The molecule has 0 unspecified atom stereocenters. The van der Waals surface area contributed by atoms with Gasteiger partial charge in [0.2, 0.25) is 0 Å². The molecule has 0 bridgehead atoms. The highest BCUT2D eigenvalue weighted by Crippen LogP contribution is 2.31. The summed E-state index contributed by atoms with van der Waals surface area (Å²) in [5.41, 5.74) is 0.957. The molecule has 0 aromatic rings. The van der Waals surface area contributed by atoms with E-state index >= 15 is 0 Å². The quantitative estimate of drug-likeness (QED) is 0.795. The maximum absolute atomic E-state index is 3.82. The molecule has 2 rings (SSSR count). The normalized spacial score (nSPS) is 26.3. The molecule has 100 valence electrons. The van der Waals surface area contributed by atoms with Crippen LogP contribution in [0.4, 0.5) is 0 Å². The number of hydrogen-bond donors (Lipinski definition) is 1. The zero-order valence-electron chi connectivity index (χ0n) is 12.0. The summed E-state index contributed by atoms with van der Waals surface area (Å²) in [6, 6.07) is 0. The third-order valence-electron chi connectivity index (χ3n) is 4.44. The molecule has 2 aliphatic rings. The summed E-state index contributed by atoms with van der Waals surface area (Å²) in [5, 5.41) is 3.82. The van der Waals surface area contributed by atoms with E-state index < -0.39 is 0 Å². The molecule has 2 fully saturated rings.